The fourth-order valence-electron chi connectivity index (χ4n) is 6.41. The van der Waals surface area contributed by atoms with Crippen molar-refractivity contribution in [2.45, 2.75) is 25.9 Å². The van der Waals surface area contributed by atoms with E-state index in [-0.39, 0.29) is 24.6 Å². The van der Waals surface area contributed by atoms with Crippen LogP contribution in [-0.2, 0) is 23.6 Å². The number of pyridine rings is 4. The lowest BCUT2D eigenvalue weighted by atomic mass is 10.1. The maximum atomic E-state index is 11.8. The molecular formula is C37H42N14O2. The second-order valence-electron chi connectivity index (χ2n) is 12.8. The highest BCUT2D eigenvalue weighted by atomic mass is 16.5. The van der Waals surface area contributed by atoms with Crippen LogP contribution in [0.5, 0.6) is 0 Å². The maximum absolute atomic E-state index is 11.8. The summed E-state index contributed by atoms with van der Waals surface area (Å²) >= 11 is 0. The van der Waals surface area contributed by atoms with E-state index in [0.29, 0.717) is 0 Å². The monoisotopic (exact) mass is 714 g/mol. The third kappa shape index (κ3) is 6.60. The van der Waals surface area contributed by atoms with Gasteiger partial charge in [0, 0.05) is 52.1 Å². The van der Waals surface area contributed by atoms with E-state index in [1.807, 2.05) is 93.6 Å². The van der Waals surface area contributed by atoms with E-state index in [9.17, 15) is 4.79 Å². The molecule has 8 heterocycles. The molecule has 16 nitrogen and oxygen atoms in total. The van der Waals surface area contributed by atoms with Gasteiger partial charge >= 0.3 is 0 Å². The molecule has 1 amide bonds. The van der Waals surface area contributed by atoms with Crippen molar-refractivity contribution in [1.82, 2.24) is 54.3 Å². The first-order chi connectivity index (χ1) is 25.6. The highest BCUT2D eigenvalue weighted by molar-refractivity contribution is 6.08. The van der Waals surface area contributed by atoms with Crippen LogP contribution in [0.2, 0.25) is 0 Å². The third-order valence-electron chi connectivity index (χ3n) is 9.00. The predicted octanol–water partition coefficient (Wildman–Crippen LogP) is 4.95. The summed E-state index contributed by atoms with van der Waals surface area (Å²) in [6.07, 6.45) is 3.58. The van der Waals surface area contributed by atoms with Crippen LogP contribution in [0.4, 0.5) is 11.6 Å². The van der Waals surface area contributed by atoms with Gasteiger partial charge in [0.05, 0.1) is 63.9 Å². The molecule has 0 saturated carbocycles. The molecule has 0 radical (unpaired) electrons. The van der Waals surface area contributed by atoms with E-state index in [4.69, 9.17) is 15.5 Å². The number of aromatic amines is 2. The molecule has 272 valence electrons. The largest absolute Gasteiger partial charge is 0.375 e. The van der Waals surface area contributed by atoms with Crippen molar-refractivity contribution in [3.63, 3.8) is 0 Å². The minimum Gasteiger partial charge on any atom is -0.375 e. The Kier molecular flexibility index (Phi) is 9.47. The normalized spacial score (nSPS) is 12.6. The number of nitrogens with one attached hydrogen (secondary N) is 5. The van der Waals surface area contributed by atoms with Crippen LogP contribution in [0.3, 0.4) is 0 Å². The number of imidazole rings is 2. The molecule has 2 atom stereocenters. The summed E-state index contributed by atoms with van der Waals surface area (Å²) in [7, 11) is 9.11. The van der Waals surface area contributed by atoms with E-state index >= 15 is 0 Å². The van der Waals surface area contributed by atoms with Crippen LogP contribution in [0.15, 0.2) is 61.2 Å². The number of nitrogens with two attached hydrogens (primary N) is 1. The van der Waals surface area contributed by atoms with E-state index < -0.39 is 0 Å². The van der Waals surface area contributed by atoms with E-state index in [2.05, 4.69) is 56.9 Å². The van der Waals surface area contributed by atoms with Gasteiger partial charge in [-0.3, -0.25) is 4.79 Å². The average molecular weight is 715 g/mol. The molecule has 0 aliphatic heterocycles. The van der Waals surface area contributed by atoms with Gasteiger partial charge in [-0.2, -0.15) is 0 Å². The van der Waals surface area contributed by atoms with E-state index in [1.54, 1.807) is 12.7 Å². The number of hydrogen-bond donors (Lipinski definition) is 6. The van der Waals surface area contributed by atoms with Crippen molar-refractivity contribution < 1.29 is 9.53 Å². The number of ether oxygens (including phenoxy) is 1. The first kappa shape index (κ1) is 35.0. The third-order valence-corrected chi connectivity index (χ3v) is 9.00. The first-order valence-electron chi connectivity index (χ1n) is 17.1. The summed E-state index contributed by atoms with van der Waals surface area (Å²) in [5.74, 6) is 1.29. The summed E-state index contributed by atoms with van der Waals surface area (Å²) < 4.78 is 8.85. The average Bonchev–Trinajstić information content (AvgIpc) is 3.96. The molecule has 0 aliphatic rings. The fourth-order valence-corrected chi connectivity index (χ4v) is 6.41. The Morgan fingerprint density at radius 2 is 1.28 bits per heavy atom. The number of carbonyl (C=O) groups excluding carboxylic acids is 1. The second kappa shape index (κ2) is 14.3. The maximum Gasteiger partial charge on any atom is 0.246 e. The molecule has 0 aliphatic carbocycles. The Morgan fingerprint density at radius 1 is 0.792 bits per heavy atom. The smallest absolute Gasteiger partial charge is 0.246 e. The van der Waals surface area contributed by atoms with Crippen LogP contribution < -0.4 is 21.7 Å². The van der Waals surface area contributed by atoms with Gasteiger partial charge in [-0.05, 0) is 50.2 Å². The van der Waals surface area contributed by atoms with E-state index in [0.717, 1.165) is 89.9 Å². The zero-order valence-electron chi connectivity index (χ0n) is 30.6. The Bertz CT molecular complexity index is 2600. The Hall–Kier alpha value is -6.39. The molecular weight excluding hydrogens is 673 g/mol. The van der Waals surface area contributed by atoms with Crippen LogP contribution in [0.1, 0.15) is 37.3 Å². The molecule has 0 bridgehead atoms. The minimum atomic E-state index is -0.236. The predicted molar refractivity (Wildman–Crippen MR) is 207 cm³/mol. The number of aromatic nitrogens is 10. The van der Waals surface area contributed by atoms with Gasteiger partial charge in [-0.1, -0.05) is 12.1 Å². The lowest BCUT2D eigenvalue weighted by Crippen LogP contribution is -2.30. The SMILES string of the molecule is CNc1nc2[nH]c(-c3cccc(C(C)N)n3)cc2c2c1ncn2C.CNc1nc2[nH]c(-c3cccc(C(C)NC(=O)COC)n3)cc2c2c1ncn2C. The summed E-state index contributed by atoms with van der Waals surface area (Å²) in [5, 5.41) is 11.1. The van der Waals surface area contributed by atoms with Crippen LogP contribution in [-0.4, -0.2) is 82.7 Å². The van der Waals surface area contributed by atoms with Gasteiger partial charge in [0.25, 0.3) is 0 Å². The molecule has 8 aromatic rings. The molecule has 0 spiro atoms. The number of nitrogens with zero attached hydrogens (tertiary/aromatic N) is 8. The number of H-pyrrole nitrogens is 2. The molecule has 8 rings (SSSR count). The summed E-state index contributed by atoms with van der Waals surface area (Å²) in [4.78, 5) is 46.1. The van der Waals surface area contributed by atoms with Crippen molar-refractivity contribution in [1.29, 1.82) is 0 Å². The molecule has 7 N–H and O–H groups in total. The lowest BCUT2D eigenvalue weighted by Gasteiger charge is -2.13. The Morgan fingerprint density at radius 3 is 1.75 bits per heavy atom. The van der Waals surface area contributed by atoms with Crippen molar-refractivity contribution in [3.8, 4) is 22.8 Å². The summed E-state index contributed by atoms with van der Waals surface area (Å²) in [5.41, 5.74) is 16.2. The zero-order valence-corrected chi connectivity index (χ0v) is 30.6. The number of hydrogen-bond acceptors (Lipinski definition) is 11. The van der Waals surface area contributed by atoms with Crippen LogP contribution in [0, 0.1) is 0 Å². The van der Waals surface area contributed by atoms with Gasteiger partial charge in [-0.15, -0.1) is 0 Å². The van der Waals surface area contributed by atoms with Crippen molar-refractivity contribution in [2.75, 3.05) is 38.4 Å². The number of carbonyl (C=O) groups is 1. The fraction of sp³-hybridized carbons (Fsp3) is 0.270. The van der Waals surface area contributed by atoms with Gasteiger partial charge < -0.3 is 45.5 Å². The van der Waals surface area contributed by atoms with Crippen molar-refractivity contribution >= 4 is 61.7 Å². The summed E-state index contributed by atoms with van der Waals surface area (Å²) in [6.45, 7) is 3.84. The molecule has 0 saturated heterocycles. The van der Waals surface area contributed by atoms with Gasteiger partial charge in [0.15, 0.2) is 11.6 Å². The quantitative estimate of drug-likeness (QED) is 0.118. The molecule has 2 unspecified atom stereocenters. The Labute approximate surface area is 304 Å². The first-order valence-corrected chi connectivity index (χ1v) is 17.1. The standard InChI is InChI=1S/C20H23N7O2.C17H19N7/c1-11(23-16(28)9-29-4)13-6-5-7-14(24-13)15-8-12-18-17(22-10-27(18)3)20(21-2)26-19(12)25-15;1-9(18)11-5-4-6-12(21-11)13-7-10-15-14(20-8-24(15)3)17(19-2)23-16(10)22-13/h5-8,10-11H,9H2,1-4H3,(H,23,28)(H2,21,25,26);4-9H,18H2,1-3H3,(H2,19,22,23). The van der Waals surface area contributed by atoms with E-state index in [1.165, 1.54) is 7.11 Å². The second-order valence-corrected chi connectivity index (χ2v) is 12.8. The highest BCUT2D eigenvalue weighted by Gasteiger charge is 2.18. The topological polar surface area (TPSA) is 207 Å². The lowest BCUT2D eigenvalue weighted by molar-refractivity contribution is -0.125. The molecule has 0 aromatic carbocycles. The van der Waals surface area contributed by atoms with Crippen molar-refractivity contribution in [2.24, 2.45) is 19.8 Å². The number of rotatable bonds is 9. The number of amides is 1. The number of aryl methyl sites for hydroxylation is 2. The molecule has 16 heteroatoms. The Balaban J connectivity index is 0.000000167. The van der Waals surface area contributed by atoms with Crippen LogP contribution in [0.25, 0.3) is 66.9 Å². The zero-order chi connectivity index (χ0) is 37.4. The van der Waals surface area contributed by atoms with Gasteiger partial charge in [0.1, 0.15) is 28.9 Å². The van der Waals surface area contributed by atoms with Gasteiger partial charge in [-0.25, -0.2) is 29.9 Å². The van der Waals surface area contributed by atoms with Crippen LogP contribution >= 0.6 is 0 Å². The number of anilines is 2. The highest BCUT2D eigenvalue weighted by Crippen LogP contribution is 2.33. The number of fused-ring (bicyclic) bond motifs is 6. The molecule has 53 heavy (non-hydrogen) atoms. The minimum absolute atomic E-state index is 0.0201. The molecule has 0 fully saturated rings. The van der Waals surface area contributed by atoms with Gasteiger partial charge in [0.2, 0.25) is 5.91 Å². The number of methoxy groups -OCH3 is 1. The van der Waals surface area contributed by atoms with Crippen molar-refractivity contribution in [3.05, 3.63) is 72.6 Å². The molecule has 8 aromatic heterocycles. The summed E-state index contributed by atoms with van der Waals surface area (Å²) in [6, 6.07) is 15.4.